The van der Waals surface area contributed by atoms with Crippen LogP contribution in [0.1, 0.15) is 5.56 Å². The van der Waals surface area contributed by atoms with E-state index in [4.69, 9.17) is 11.6 Å². The van der Waals surface area contributed by atoms with Crippen molar-refractivity contribution in [3.63, 3.8) is 0 Å². The lowest BCUT2D eigenvalue weighted by molar-refractivity contribution is -0.118. The molecule has 0 aliphatic carbocycles. The minimum absolute atomic E-state index is 0.0188. The Labute approximate surface area is 96.0 Å². The van der Waals surface area contributed by atoms with Gasteiger partial charge < -0.3 is 4.90 Å². The average Bonchev–Trinajstić information content (AvgIpc) is 2.53. The highest BCUT2D eigenvalue weighted by atomic mass is 35.5. The predicted molar refractivity (Wildman–Crippen MR) is 55.4 cm³/mol. The molecule has 2 rings (SSSR count). The van der Waals surface area contributed by atoms with Crippen LogP contribution in [0.2, 0.25) is 5.02 Å². The molecule has 4 nitrogen and oxygen atoms in total. The first-order valence-corrected chi connectivity index (χ1v) is 4.97. The Morgan fingerprint density at radius 2 is 2.19 bits per heavy atom. The molecule has 1 aromatic rings. The Hall–Kier alpha value is -1.62. The molecule has 0 saturated carbocycles. The largest absolute Gasteiger partial charge is 0.324 e. The summed E-state index contributed by atoms with van der Waals surface area (Å²) in [5, 5.41) is 2.11. The summed E-state index contributed by atoms with van der Waals surface area (Å²) in [6.07, 6.45) is 0. The van der Waals surface area contributed by atoms with E-state index in [1.165, 1.54) is 17.0 Å². The third kappa shape index (κ3) is 1.99. The quantitative estimate of drug-likeness (QED) is 0.800. The number of nitrogens with one attached hydrogen (secondary N) is 1. The van der Waals surface area contributed by atoms with Gasteiger partial charge in [0.25, 0.3) is 0 Å². The van der Waals surface area contributed by atoms with E-state index in [1.54, 1.807) is 6.07 Å². The van der Waals surface area contributed by atoms with Gasteiger partial charge in [-0.05, 0) is 11.6 Å². The second-order valence-electron chi connectivity index (χ2n) is 3.42. The lowest BCUT2D eigenvalue weighted by atomic mass is 10.2. The molecule has 0 radical (unpaired) electrons. The van der Waals surface area contributed by atoms with Gasteiger partial charge in [-0.25, -0.2) is 9.18 Å². The Kier molecular flexibility index (Phi) is 2.78. The first-order chi connectivity index (χ1) is 7.58. The number of imide groups is 1. The molecule has 6 heteroatoms. The van der Waals surface area contributed by atoms with E-state index in [2.05, 4.69) is 5.32 Å². The monoisotopic (exact) mass is 242 g/mol. The normalized spacial score (nSPS) is 15.5. The molecule has 3 amide bonds. The van der Waals surface area contributed by atoms with Crippen molar-refractivity contribution in [3.05, 3.63) is 34.6 Å². The number of halogens is 2. The van der Waals surface area contributed by atoms with Gasteiger partial charge in [0.05, 0.1) is 5.02 Å². The topological polar surface area (TPSA) is 49.4 Å². The fourth-order valence-electron chi connectivity index (χ4n) is 1.49. The van der Waals surface area contributed by atoms with E-state index in [1.807, 2.05) is 0 Å². The van der Waals surface area contributed by atoms with Crippen LogP contribution in [0.15, 0.2) is 18.2 Å². The van der Waals surface area contributed by atoms with Crippen LogP contribution >= 0.6 is 11.6 Å². The predicted octanol–water partition coefficient (Wildman–Crippen LogP) is 1.53. The van der Waals surface area contributed by atoms with Crippen LogP contribution in [0, 0.1) is 5.82 Å². The highest BCUT2D eigenvalue weighted by molar-refractivity contribution is 6.31. The maximum absolute atomic E-state index is 13.1. The molecule has 1 heterocycles. The highest BCUT2D eigenvalue weighted by Gasteiger charge is 2.27. The van der Waals surface area contributed by atoms with Crippen LogP contribution in [-0.4, -0.2) is 23.4 Å². The first-order valence-electron chi connectivity index (χ1n) is 4.59. The summed E-state index contributed by atoms with van der Waals surface area (Å²) < 4.78 is 13.1. The van der Waals surface area contributed by atoms with E-state index >= 15 is 0 Å². The van der Waals surface area contributed by atoms with Gasteiger partial charge in [0, 0.05) is 6.54 Å². The summed E-state index contributed by atoms with van der Waals surface area (Å²) in [4.78, 5) is 23.4. The van der Waals surface area contributed by atoms with Gasteiger partial charge >= 0.3 is 6.03 Å². The van der Waals surface area contributed by atoms with Gasteiger partial charge in [0.2, 0.25) is 5.91 Å². The minimum Gasteiger partial charge on any atom is -0.311 e. The van der Waals surface area contributed by atoms with Crippen LogP contribution in [0.3, 0.4) is 0 Å². The number of nitrogens with zero attached hydrogens (tertiary/aromatic N) is 1. The highest BCUT2D eigenvalue weighted by Crippen LogP contribution is 2.21. The van der Waals surface area contributed by atoms with Gasteiger partial charge in [-0.15, -0.1) is 0 Å². The Morgan fingerprint density at radius 3 is 2.81 bits per heavy atom. The summed E-state index contributed by atoms with van der Waals surface area (Å²) in [6, 6.07) is 3.87. The van der Waals surface area contributed by atoms with E-state index in [0.29, 0.717) is 5.56 Å². The molecule has 0 unspecified atom stereocenters. The number of amides is 3. The van der Waals surface area contributed by atoms with E-state index in [9.17, 15) is 14.0 Å². The Bertz CT molecular complexity index is 464. The maximum Gasteiger partial charge on any atom is 0.324 e. The van der Waals surface area contributed by atoms with Crippen molar-refractivity contribution in [1.82, 2.24) is 10.2 Å². The van der Waals surface area contributed by atoms with Gasteiger partial charge in [0.1, 0.15) is 12.4 Å². The molecule has 1 N–H and O–H groups in total. The molecule has 1 saturated heterocycles. The number of rotatable bonds is 2. The van der Waals surface area contributed by atoms with Crippen molar-refractivity contribution in [2.24, 2.45) is 0 Å². The smallest absolute Gasteiger partial charge is 0.311 e. The molecule has 1 aliphatic rings. The van der Waals surface area contributed by atoms with Gasteiger partial charge in [-0.3, -0.25) is 10.1 Å². The fraction of sp³-hybridized carbons (Fsp3) is 0.200. The third-order valence-electron chi connectivity index (χ3n) is 2.26. The molecule has 84 valence electrons. The Morgan fingerprint density at radius 1 is 1.44 bits per heavy atom. The number of carbonyl (C=O) groups excluding carboxylic acids is 2. The molecule has 1 aromatic carbocycles. The summed E-state index contributed by atoms with van der Waals surface area (Å²) in [5.74, 6) is -0.900. The summed E-state index contributed by atoms with van der Waals surface area (Å²) in [5.41, 5.74) is 0.478. The number of carbonyl (C=O) groups is 2. The fourth-order valence-corrected chi connectivity index (χ4v) is 1.67. The van der Waals surface area contributed by atoms with Gasteiger partial charge in [-0.2, -0.15) is 0 Å². The van der Waals surface area contributed by atoms with Crippen LogP contribution in [0.4, 0.5) is 9.18 Å². The van der Waals surface area contributed by atoms with Crippen LogP contribution < -0.4 is 5.32 Å². The summed E-state index contributed by atoms with van der Waals surface area (Å²) >= 11 is 5.74. The molecule has 0 atom stereocenters. The molecule has 16 heavy (non-hydrogen) atoms. The minimum atomic E-state index is -0.537. The second kappa shape index (κ2) is 4.09. The molecule has 0 aromatic heterocycles. The molecular weight excluding hydrogens is 235 g/mol. The second-order valence-corrected chi connectivity index (χ2v) is 3.80. The van der Waals surface area contributed by atoms with E-state index in [-0.39, 0.29) is 24.0 Å². The standard InChI is InChI=1S/C10H8ClFN2O2/c11-9-6(2-1-3-7(9)12)4-14-5-8(15)13-10(14)16/h1-3H,4-5H2,(H,13,15,16). The van der Waals surface area contributed by atoms with Gasteiger partial charge in [-0.1, -0.05) is 23.7 Å². The molecule has 0 bridgehead atoms. The Balaban J connectivity index is 2.18. The zero-order chi connectivity index (χ0) is 11.7. The van der Waals surface area contributed by atoms with Crippen molar-refractivity contribution in [1.29, 1.82) is 0 Å². The van der Waals surface area contributed by atoms with Crippen molar-refractivity contribution in [2.45, 2.75) is 6.54 Å². The number of urea groups is 1. The SMILES string of the molecule is O=C1CN(Cc2cccc(F)c2Cl)C(=O)N1. The molecule has 1 aliphatic heterocycles. The lowest BCUT2D eigenvalue weighted by Gasteiger charge is -2.14. The molecule has 0 spiro atoms. The zero-order valence-electron chi connectivity index (χ0n) is 8.17. The van der Waals surface area contributed by atoms with Crippen molar-refractivity contribution >= 4 is 23.5 Å². The molecular formula is C10H8ClFN2O2. The van der Waals surface area contributed by atoms with Crippen molar-refractivity contribution in [3.8, 4) is 0 Å². The van der Waals surface area contributed by atoms with Crippen LogP contribution in [0.25, 0.3) is 0 Å². The zero-order valence-corrected chi connectivity index (χ0v) is 8.92. The number of hydrogen-bond acceptors (Lipinski definition) is 2. The van der Waals surface area contributed by atoms with Crippen molar-refractivity contribution < 1.29 is 14.0 Å². The summed E-state index contributed by atoms with van der Waals surface area (Å²) in [6.45, 7) is 0.0971. The number of benzene rings is 1. The first kappa shape index (κ1) is 10.9. The third-order valence-corrected chi connectivity index (χ3v) is 2.68. The lowest BCUT2D eigenvalue weighted by Crippen LogP contribution is -2.27. The van der Waals surface area contributed by atoms with Crippen LogP contribution in [0.5, 0.6) is 0 Å². The average molecular weight is 243 g/mol. The number of hydrogen-bond donors (Lipinski definition) is 1. The van der Waals surface area contributed by atoms with Crippen LogP contribution in [-0.2, 0) is 11.3 Å². The molecule has 1 fully saturated rings. The van der Waals surface area contributed by atoms with E-state index < -0.39 is 11.8 Å². The van der Waals surface area contributed by atoms with Gasteiger partial charge in [0.15, 0.2) is 0 Å². The summed E-state index contributed by atoms with van der Waals surface area (Å²) in [7, 11) is 0. The maximum atomic E-state index is 13.1. The van der Waals surface area contributed by atoms with Crippen molar-refractivity contribution in [2.75, 3.05) is 6.54 Å². The van der Waals surface area contributed by atoms with E-state index in [0.717, 1.165) is 0 Å².